The molecule has 3 heteroatoms. The smallest absolute Gasteiger partial charge is 0.137 e. The fraction of sp³-hybridized carbons (Fsp3) is 0.429. The molecule has 0 aromatic carbocycles. The summed E-state index contributed by atoms with van der Waals surface area (Å²) in [5, 5.41) is 3.95. The molecule has 0 spiro atoms. The van der Waals surface area contributed by atoms with Gasteiger partial charge in [0.2, 0.25) is 0 Å². The largest absolute Gasteiger partial charge is 0.249 e. The molecular weight excluding hydrogens is 126 g/mol. The molecule has 0 saturated heterocycles. The molecule has 10 heavy (non-hydrogen) atoms. The van der Waals surface area contributed by atoms with Gasteiger partial charge in [-0.25, -0.2) is 9.67 Å². The average molecular weight is 137 g/mol. The van der Waals surface area contributed by atoms with Crippen LogP contribution in [0.3, 0.4) is 0 Å². The number of aromatic nitrogens is 3. The van der Waals surface area contributed by atoms with E-state index >= 15 is 0 Å². The zero-order valence-electron chi connectivity index (χ0n) is 6.12. The lowest BCUT2D eigenvalue weighted by Gasteiger charge is -1.99. The molecule has 0 fully saturated rings. The SMILES string of the molecule is C=C(CC)Cn1cncn1. The maximum absolute atomic E-state index is 3.95. The van der Waals surface area contributed by atoms with Crippen molar-refractivity contribution in [2.24, 2.45) is 0 Å². The van der Waals surface area contributed by atoms with Gasteiger partial charge >= 0.3 is 0 Å². The Balaban J connectivity index is 2.48. The molecule has 0 aliphatic carbocycles. The first kappa shape index (κ1) is 6.99. The van der Waals surface area contributed by atoms with Crippen molar-refractivity contribution in [3.63, 3.8) is 0 Å². The van der Waals surface area contributed by atoms with Crippen LogP contribution in [0.4, 0.5) is 0 Å². The third-order valence-corrected chi connectivity index (χ3v) is 1.35. The Bertz CT molecular complexity index is 201. The number of allylic oxidation sites excluding steroid dienone is 1. The lowest BCUT2D eigenvalue weighted by Crippen LogP contribution is -1.99. The molecular formula is C7H11N3. The Morgan fingerprint density at radius 1 is 1.70 bits per heavy atom. The van der Waals surface area contributed by atoms with Crippen LogP contribution in [0.1, 0.15) is 13.3 Å². The summed E-state index contributed by atoms with van der Waals surface area (Å²) < 4.78 is 1.77. The van der Waals surface area contributed by atoms with Crippen molar-refractivity contribution in [2.75, 3.05) is 0 Å². The van der Waals surface area contributed by atoms with Gasteiger partial charge in [0.1, 0.15) is 12.7 Å². The van der Waals surface area contributed by atoms with Gasteiger partial charge in [0.05, 0.1) is 6.54 Å². The van der Waals surface area contributed by atoms with Gasteiger partial charge < -0.3 is 0 Å². The van der Waals surface area contributed by atoms with Crippen LogP contribution in [-0.4, -0.2) is 14.8 Å². The van der Waals surface area contributed by atoms with Crippen LogP contribution >= 0.6 is 0 Å². The minimum atomic E-state index is 0.788. The van der Waals surface area contributed by atoms with E-state index in [0.29, 0.717) is 0 Å². The van der Waals surface area contributed by atoms with Gasteiger partial charge in [-0.3, -0.25) is 0 Å². The van der Waals surface area contributed by atoms with E-state index < -0.39 is 0 Å². The van der Waals surface area contributed by atoms with Crippen molar-refractivity contribution in [3.8, 4) is 0 Å². The quantitative estimate of drug-likeness (QED) is 0.587. The summed E-state index contributed by atoms with van der Waals surface area (Å²) in [4.78, 5) is 3.82. The summed E-state index contributed by atoms with van der Waals surface area (Å²) in [5.74, 6) is 0. The highest BCUT2D eigenvalue weighted by Gasteiger charge is 1.91. The molecule has 0 atom stereocenters. The van der Waals surface area contributed by atoms with E-state index in [1.807, 2.05) is 0 Å². The Morgan fingerprint density at radius 3 is 3.00 bits per heavy atom. The summed E-state index contributed by atoms with van der Waals surface area (Å²) in [6.07, 6.45) is 4.23. The molecule has 0 bridgehead atoms. The fourth-order valence-electron chi connectivity index (χ4n) is 0.655. The number of rotatable bonds is 3. The Kier molecular flexibility index (Phi) is 2.20. The van der Waals surface area contributed by atoms with Crippen molar-refractivity contribution in [1.82, 2.24) is 14.8 Å². The minimum Gasteiger partial charge on any atom is -0.249 e. The van der Waals surface area contributed by atoms with Gasteiger partial charge in [-0.15, -0.1) is 0 Å². The standard InChI is InChI=1S/C7H11N3/c1-3-7(2)4-10-6-8-5-9-10/h5-6H,2-4H2,1H3. The van der Waals surface area contributed by atoms with Gasteiger partial charge in [-0.1, -0.05) is 19.1 Å². The topological polar surface area (TPSA) is 30.7 Å². The van der Waals surface area contributed by atoms with E-state index in [-0.39, 0.29) is 0 Å². The summed E-state index contributed by atoms with van der Waals surface area (Å²) >= 11 is 0. The Morgan fingerprint density at radius 2 is 2.50 bits per heavy atom. The number of hydrogen-bond donors (Lipinski definition) is 0. The van der Waals surface area contributed by atoms with Crippen molar-refractivity contribution in [1.29, 1.82) is 0 Å². The summed E-state index contributed by atoms with van der Waals surface area (Å²) in [7, 11) is 0. The second-order valence-electron chi connectivity index (χ2n) is 2.20. The molecule has 1 aromatic rings. The first-order chi connectivity index (χ1) is 4.83. The van der Waals surface area contributed by atoms with Crippen LogP contribution in [0.5, 0.6) is 0 Å². The minimum absolute atomic E-state index is 0.788. The summed E-state index contributed by atoms with van der Waals surface area (Å²) in [6, 6.07) is 0. The first-order valence-corrected chi connectivity index (χ1v) is 3.32. The second-order valence-corrected chi connectivity index (χ2v) is 2.20. The van der Waals surface area contributed by atoms with Crippen LogP contribution in [0, 0.1) is 0 Å². The zero-order chi connectivity index (χ0) is 7.40. The molecule has 0 aliphatic heterocycles. The highest BCUT2D eigenvalue weighted by atomic mass is 15.3. The van der Waals surface area contributed by atoms with E-state index in [9.17, 15) is 0 Å². The molecule has 1 aromatic heterocycles. The van der Waals surface area contributed by atoms with Gasteiger partial charge in [-0.2, -0.15) is 5.10 Å². The van der Waals surface area contributed by atoms with Gasteiger partial charge in [0.15, 0.2) is 0 Å². The monoisotopic (exact) mass is 137 g/mol. The number of hydrogen-bond acceptors (Lipinski definition) is 2. The Hall–Kier alpha value is -1.12. The third kappa shape index (κ3) is 1.69. The van der Waals surface area contributed by atoms with Crippen LogP contribution < -0.4 is 0 Å². The van der Waals surface area contributed by atoms with Crippen LogP contribution in [0.15, 0.2) is 24.8 Å². The van der Waals surface area contributed by atoms with E-state index in [2.05, 4.69) is 23.6 Å². The third-order valence-electron chi connectivity index (χ3n) is 1.35. The zero-order valence-corrected chi connectivity index (χ0v) is 6.12. The lowest BCUT2D eigenvalue weighted by molar-refractivity contribution is 0.663. The predicted octanol–water partition coefficient (Wildman–Crippen LogP) is 1.24. The predicted molar refractivity (Wildman–Crippen MR) is 39.5 cm³/mol. The molecule has 0 saturated carbocycles. The molecule has 1 heterocycles. The van der Waals surface area contributed by atoms with E-state index in [0.717, 1.165) is 13.0 Å². The van der Waals surface area contributed by atoms with Crippen molar-refractivity contribution < 1.29 is 0 Å². The lowest BCUT2D eigenvalue weighted by atomic mass is 10.2. The van der Waals surface area contributed by atoms with E-state index in [1.54, 1.807) is 11.0 Å². The summed E-state index contributed by atoms with van der Waals surface area (Å²) in [5.41, 5.74) is 1.17. The first-order valence-electron chi connectivity index (χ1n) is 3.32. The second kappa shape index (κ2) is 3.15. The van der Waals surface area contributed by atoms with E-state index in [4.69, 9.17) is 0 Å². The van der Waals surface area contributed by atoms with Crippen molar-refractivity contribution >= 4 is 0 Å². The normalized spacial score (nSPS) is 9.70. The molecule has 0 radical (unpaired) electrons. The van der Waals surface area contributed by atoms with Crippen molar-refractivity contribution in [2.45, 2.75) is 19.9 Å². The molecule has 0 N–H and O–H groups in total. The van der Waals surface area contributed by atoms with Gasteiger partial charge in [0, 0.05) is 0 Å². The highest BCUT2D eigenvalue weighted by molar-refractivity contribution is 4.91. The van der Waals surface area contributed by atoms with Crippen LogP contribution in [0.25, 0.3) is 0 Å². The van der Waals surface area contributed by atoms with Gasteiger partial charge in [0.25, 0.3) is 0 Å². The molecule has 0 amide bonds. The molecule has 0 unspecified atom stereocenters. The Labute approximate surface area is 60.4 Å². The van der Waals surface area contributed by atoms with Crippen LogP contribution in [-0.2, 0) is 6.54 Å². The maximum Gasteiger partial charge on any atom is 0.137 e. The molecule has 0 aliphatic rings. The fourth-order valence-corrected chi connectivity index (χ4v) is 0.655. The highest BCUT2D eigenvalue weighted by Crippen LogP contribution is 1.98. The molecule has 1 rings (SSSR count). The number of nitrogens with zero attached hydrogens (tertiary/aromatic N) is 3. The molecule has 54 valence electrons. The maximum atomic E-state index is 3.95. The molecule has 3 nitrogen and oxygen atoms in total. The van der Waals surface area contributed by atoms with Crippen molar-refractivity contribution in [3.05, 3.63) is 24.8 Å². The summed E-state index contributed by atoms with van der Waals surface area (Å²) in [6.45, 7) is 6.73. The average Bonchev–Trinajstić information content (AvgIpc) is 2.40. The van der Waals surface area contributed by atoms with E-state index in [1.165, 1.54) is 11.9 Å². The van der Waals surface area contributed by atoms with Gasteiger partial charge in [-0.05, 0) is 6.42 Å². The van der Waals surface area contributed by atoms with Crippen LogP contribution in [0.2, 0.25) is 0 Å².